The number of halogens is 1. The van der Waals surface area contributed by atoms with E-state index in [-0.39, 0.29) is 13.2 Å². The van der Waals surface area contributed by atoms with Gasteiger partial charge >= 0.3 is 5.97 Å². The third-order valence-electron chi connectivity index (χ3n) is 2.65. The molecule has 5 heteroatoms. The van der Waals surface area contributed by atoms with Gasteiger partial charge in [-0.1, -0.05) is 11.6 Å². The van der Waals surface area contributed by atoms with Gasteiger partial charge < -0.3 is 9.47 Å². The molecule has 0 saturated carbocycles. The van der Waals surface area contributed by atoms with Crippen LogP contribution in [0.25, 0.3) is 0 Å². The topological polar surface area (TPSA) is 59.3 Å². The van der Waals surface area contributed by atoms with Crippen LogP contribution in [0.4, 0.5) is 0 Å². The number of hydrogen-bond donors (Lipinski definition) is 0. The monoisotopic (exact) mass is 301 g/mol. The van der Waals surface area contributed by atoms with Crippen LogP contribution in [0.5, 0.6) is 5.75 Å². The number of benzene rings is 2. The van der Waals surface area contributed by atoms with Gasteiger partial charge in [-0.2, -0.15) is 5.26 Å². The Morgan fingerprint density at radius 2 is 1.71 bits per heavy atom. The third kappa shape index (κ3) is 4.51. The normalized spacial score (nSPS) is 9.71. The van der Waals surface area contributed by atoms with Crippen molar-refractivity contribution in [1.29, 1.82) is 5.26 Å². The number of carbonyl (C=O) groups excluding carboxylic acids is 1. The SMILES string of the molecule is N#Cc1ccc(OCCOC(=O)c2ccc(Cl)cc2)cc1. The Morgan fingerprint density at radius 3 is 2.33 bits per heavy atom. The van der Waals surface area contributed by atoms with Gasteiger partial charge in [-0.05, 0) is 48.5 Å². The van der Waals surface area contributed by atoms with Gasteiger partial charge in [-0.15, -0.1) is 0 Å². The molecule has 0 aliphatic heterocycles. The number of nitrogens with zero attached hydrogens (tertiary/aromatic N) is 1. The summed E-state index contributed by atoms with van der Waals surface area (Å²) >= 11 is 5.74. The fraction of sp³-hybridized carbons (Fsp3) is 0.125. The molecule has 0 heterocycles. The summed E-state index contributed by atoms with van der Waals surface area (Å²) in [6.07, 6.45) is 0. The number of ether oxygens (including phenoxy) is 2. The molecule has 0 radical (unpaired) electrons. The van der Waals surface area contributed by atoms with Crippen molar-refractivity contribution < 1.29 is 14.3 Å². The van der Waals surface area contributed by atoms with Crippen LogP contribution in [0.15, 0.2) is 48.5 Å². The Morgan fingerprint density at radius 1 is 1.05 bits per heavy atom. The lowest BCUT2D eigenvalue weighted by Gasteiger charge is -2.07. The molecule has 0 spiro atoms. The van der Waals surface area contributed by atoms with Crippen molar-refractivity contribution in [2.45, 2.75) is 0 Å². The van der Waals surface area contributed by atoms with Crippen LogP contribution in [0.1, 0.15) is 15.9 Å². The third-order valence-corrected chi connectivity index (χ3v) is 2.90. The molecule has 106 valence electrons. The maximum atomic E-state index is 11.7. The van der Waals surface area contributed by atoms with Crippen molar-refractivity contribution in [3.63, 3.8) is 0 Å². The van der Waals surface area contributed by atoms with Crippen LogP contribution in [0.2, 0.25) is 5.02 Å². The van der Waals surface area contributed by atoms with Gasteiger partial charge in [-0.25, -0.2) is 4.79 Å². The standard InChI is InChI=1S/C16H12ClNO3/c17-14-5-3-13(4-6-14)16(19)21-10-9-20-15-7-1-12(11-18)2-8-15/h1-8H,9-10H2. The quantitative estimate of drug-likeness (QED) is 0.627. The maximum Gasteiger partial charge on any atom is 0.338 e. The highest BCUT2D eigenvalue weighted by Crippen LogP contribution is 2.12. The van der Waals surface area contributed by atoms with Crippen molar-refractivity contribution in [3.8, 4) is 11.8 Å². The highest BCUT2D eigenvalue weighted by molar-refractivity contribution is 6.30. The van der Waals surface area contributed by atoms with E-state index in [1.54, 1.807) is 48.5 Å². The molecule has 0 amide bonds. The summed E-state index contributed by atoms with van der Waals surface area (Å²) in [5.41, 5.74) is 1.01. The lowest BCUT2D eigenvalue weighted by Crippen LogP contribution is -2.12. The first-order valence-corrected chi connectivity index (χ1v) is 6.62. The number of rotatable bonds is 5. The summed E-state index contributed by atoms with van der Waals surface area (Å²) in [5, 5.41) is 9.24. The van der Waals surface area contributed by atoms with E-state index in [0.717, 1.165) is 0 Å². The molecule has 0 atom stereocenters. The first-order valence-electron chi connectivity index (χ1n) is 6.25. The van der Waals surface area contributed by atoms with Crippen LogP contribution in [-0.2, 0) is 4.74 Å². The predicted molar refractivity (Wildman–Crippen MR) is 78.4 cm³/mol. The zero-order chi connectivity index (χ0) is 15.1. The van der Waals surface area contributed by atoms with E-state index in [1.807, 2.05) is 6.07 Å². The van der Waals surface area contributed by atoms with Gasteiger partial charge in [0.1, 0.15) is 19.0 Å². The summed E-state index contributed by atoms with van der Waals surface area (Å²) < 4.78 is 10.5. The van der Waals surface area contributed by atoms with Crippen LogP contribution in [0, 0.1) is 11.3 Å². The second kappa shape index (κ2) is 7.32. The molecule has 0 unspecified atom stereocenters. The first-order chi connectivity index (χ1) is 10.2. The van der Waals surface area contributed by atoms with E-state index in [2.05, 4.69) is 0 Å². The minimum absolute atomic E-state index is 0.140. The molecule has 0 aliphatic carbocycles. The summed E-state index contributed by atoms with van der Waals surface area (Å²) in [5.74, 6) is 0.201. The average molecular weight is 302 g/mol. The number of esters is 1. The van der Waals surface area contributed by atoms with E-state index >= 15 is 0 Å². The molecule has 2 aromatic rings. The van der Waals surface area contributed by atoms with Crippen molar-refractivity contribution >= 4 is 17.6 Å². The maximum absolute atomic E-state index is 11.7. The molecule has 21 heavy (non-hydrogen) atoms. The van der Waals surface area contributed by atoms with Crippen molar-refractivity contribution in [1.82, 2.24) is 0 Å². The summed E-state index contributed by atoms with van der Waals surface area (Å²) in [6, 6.07) is 15.2. The van der Waals surface area contributed by atoms with Gasteiger partial charge in [0, 0.05) is 5.02 Å². The molecule has 0 N–H and O–H groups in total. The number of nitriles is 1. The van der Waals surface area contributed by atoms with Crippen LogP contribution in [-0.4, -0.2) is 19.2 Å². The molecule has 0 bridgehead atoms. The fourth-order valence-electron chi connectivity index (χ4n) is 1.59. The Balaban J connectivity index is 1.75. The highest BCUT2D eigenvalue weighted by atomic mass is 35.5. The minimum Gasteiger partial charge on any atom is -0.490 e. The van der Waals surface area contributed by atoms with Crippen molar-refractivity contribution in [2.24, 2.45) is 0 Å². The Bertz CT molecular complexity index is 645. The lowest BCUT2D eigenvalue weighted by atomic mass is 10.2. The van der Waals surface area contributed by atoms with Gasteiger partial charge in [0.15, 0.2) is 0 Å². The largest absolute Gasteiger partial charge is 0.490 e. The fourth-order valence-corrected chi connectivity index (χ4v) is 1.71. The van der Waals surface area contributed by atoms with Gasteiger partial charge in [0.05, 0.1) is 17.2 Å². The smallest absolute Gasteiger partial charge is 0.338 e. The zero-order valence-corrected chi connectivity index (χ0v) is 11.8. The molecular weight excluding hydrogens is 290 g/mol. The van der Waals surface area contributed by atoms with Gasteiger partial charge in [-0.3, -0.25) is 0 Å². The highest BCUT2D eigenvalue weighted by Gasteiger charge is 2.06. The zero-order valence-electron chi connectivity index (χ0n) is 11.1. The van der Waals surface area contributed by atoms with E-state index < -0.39 is 5.97 Å². The molecule has 0 fully saturated rings. The lowest BCUT2D eigenvalue weighted by molar-refractivity contribution is 0.0450. The molecule has 0 saturated heterocycles. The summed E-state index contributed by atoms with van der Waals surface area (Å²) in [7, 11) is 0. The second-order valence-corrected chi connectivity index (χ2v) is 4.56. The van der Waals surface area contributed by atoms with E-state index in [1.165, 1.54) is 0 Å². The molecular formula is C16H12ClNO3. The number of hydrogen-bond acceptors (Lipinski definition) is 4. The second-order valence-electron chi connectivity index (χ2n) is 4.13. The Kier molecular flexibility index (Phi) is 5.19. The molecule has 2 rings (SSSR count). The Labute approximate surface area is 127 Å². The molecule has 0 aliphatic rings. The van der Waals surface area contributed by atoms with Crippen LogP contribution < -0.4 is 4.74 Å². The van der Waals surface area contributed by atoms with Crippen molar-refractivity contribution in [2.75, 3.05) is 13.2 Å². The molecule has 0 aromatic heterocycles. The van der Waals surface area contributed by atoms with E-state index in [9.17, 15) is 4.79 Å². The Hall–Kier alpha value is -2.51. The van der Waals surface area contributed by atoms with Gasteiger partial charge in [0.2, 0.25) is 0 Å². The summed E-state index contributed by atoms with van der Waals surface area (Å²) in [6.45, 7) is 0.382. The molecule has 2 aromatic carbocycles. The molecule has 4 nitrogen and oxygen atoms in total. The van der Waals surface area contributed by atoms with Crippen LogP contribution in [0.3, 0.4) is 0 Å². The van der Waals surface area contributed by atoms with Gasteiger partial charge in [0.25, 0.3) is 0 Å². The summed E-state index contributed by atoms with van der Waals surface area (Å²) in [4.78, 5) is 11.7. The predicted octanol–water partition coefficient (Wildman–Crippen LogP) is 3.45. The van der Waals surface area contributed by atoms with Crippen LogP contribution >= 0.6 is 11.6 Å². The minimum atomic E-state index is -0.421. The van der Waals surface area contributed by atoms with E-state index in [4.69, 9.17) is 26.3 Å². The first kappa shape index (κ1) is 14.9. The average Bonchev–Trinajstić information content (AvgIpc) is 2.52. The number of carbonyl (C=O) groups is 1. The van der Waals surface area contributed by atoms with Crippen molar-refractivity contribution in [3.05, 3.63) is 64.7 Å². The van der Waals surface area contributed by atoms with E-state index in [0.29, 0.717) is 21.9 Å².